The number of rotatable bonds is 0. The second-order valence-corrected chi connectivity index (χ2v) is 1.36. The lowest BCUT2D eigenvalue weighted by atomic mass is 10.3. The van der Waals surface area contributed by atoms with Crippen LogP contribution in [0.1, 0.15) is 8.30 Å². The average molecular weight is 95.1 g/mol. The van der Waals surface area contributed by atoms with Gasteiger partial charge in [-0.15, -0.1) is 0 Å². The Morgan fingerprint density at radius 3 is 3.29 bits per heavy atom. The number of hydrogen-bond donors (Lipinski definition) is 0. The molecule has 1 nitrogen and oxygen atoms in total. The highest BCUT2D eigenvalue weighted by Gasteiger charge is 1.72. The number of hydrogen-bond acceptors (Lipinski definition) is 1. The molecule has 0 aliphatic carbocycles. The summed E-state index contributed by atoms with van der Waals surface area (Å²) in [6.45, 7) is 1.79. The van der Waals surface area contributed by atoms with Gasteiger partial charge in [0.25, 0.3) is 0 Å². The first-order valence-electron chi connectivity index (χ1n) is 3.10. The van der Waals surface area contributed by atoms with Crippen LogP contribution < -0.4 is 0 Å². The summed E-state index contributed by atoms with van der Waals surface area (Å²) in [6, 6.07) is 1.94. The topological polar surface area (TPSA) is 12.9 Å². The van der Waals surface area contributed by atoms with E-state index < -0.39 is 0 Å². The third-order valence-electron chi connectivity index (χ3n) is 0.717. The van der Waals surface area contributed by atoms with Crippen molar-refractivity contribution in [2.75, 3.05) is 0 Å². The minimum absolute atomic E-state index is 0.0509. The van der Waals surface area contributed by atoms with Gasteiger partial charge in [-0.3, -0.25) is 4.98 Å². The Bertz CT molecular complexity index is 202. The zero-order chi connectivity index (χ0) is 6.85. The number of nitrogens with zero attached hydrogens (tertiary/aromatic N) is 1. The van der Waals surface area contributed by atoms with Gasteiger partial charge in [0.2, 0.25) is 0 Å². The first-order valence-corrected chi connectivity index (χ1v) is 2.10. The fourth-order valence-electron chi connectivity index (χ4n) is 0.348. The normalized spacial score (nSPS) is 12.7. The van der Waals surface area contributed by atoms with Gasteiger partial charge < -0.3 is 0 Å². The summed E-state index contributed by atoms with van der Waals surface area (Å²) in [5, 5.41) is 0. The number of aryl methyl sites for hydroxylation is 1. The largest absolute Gasteiger partial charge is 0.265 e. The molecule has 0 amide bonds. The predicted molar refractivity (Wildman–Crippen MR) is 29.0 cm³/mol. The summed E-state index contributed by atoms with van der Waals surface area (Å²) in [6.07, 6.45) is 1.59. The lowest BCUT2D eigenvalue weighted by molar-refractivity contribution is 1.29. The molecule has 0 fully saturated rings. The molecule has 1 rings (SSSR count). The first-order chi connectivity index (χ1) is 4.22. The van der Waals surface area contributed by atoms with Crippen LogP contribution >= 0.6 is 0 Å². The molecule has 1 heterocycles. The third kappa shape index (κ3) is 1.000. The summed E-state index contributed by atoms with van der Waals surface area (Å²) >= 11 is 0. The van der Waals surface area contributed by atoms with Crippen LogP contribution in [0, 0.1) is 6.92 Å². The molecule has 0 aromatic carbocycles. The van der Waals surface area contributed by atoms with E-state index in [1.165, 1.54) is 6.20 Å². The van der Waals surface area contributed by atoms with Crippen molar-refractivity contribution in [1.82, 2.24) is 4.98 Å². The fourth-order valence-corrected chi connectivity index (χ4v) is 0.348. The van der Waals surface area contributed by atoms with Gasteiger partial charge in [-0.2, -0.15) is 0 Å². The molecule has 0 N–H and O–H groups in total. The molecule has 36 valence electrons. The van der Waals surface area contributed by atoms with Crippen LogP contribution in [0.25, 0.3) is 0 Å². The van der Waals surface area contributed by atoms with Crippen molar-refractivity contribution in [3.63, 3.8) is 0 Å². The lowest BCUT2D eigenvalue weighted by Crippen LogP contribution is -1.68. The summed E-state index contributed by atoms with van der Waals surface area (Å²) in [4.78, 5) is 3.62. The molecule has 0 aliphatic heterocycles. The molecule has 0 unspecified atom stereocenters. The molecule has 0 atom stereocenters. The minimum atomic E-state index is 0.0509. The highest BCUT2D eigenvalue weighted by Crippen LogP contribution is 1.88. The quantitative estimate of drug-likeness (QED) is 0.474. The van der Waals surface area contributed by atoms with E-state index in [9.17, 15) is 0 Å². The van der Waals surface area contributed by atoms with E-state index in [-0.39, 0.29) is 12.2 Å². The Morgan fingerprint density at radius 1 is 1.86 bits per heavy atom. The van der Waals surface area contributed by atoms with Crippen LogP contribution in [0.5, 0.6) is 0 Å². The van der Waals surface area contributed by atoms with Crippen molar-refractivity contribution >= 4 is 0 Å². The standard InChI is InChI=1S/C6H7N/c1-6-2-4-7-5-3-6/h2-5H,1H3/i2D,4D. The van der Waals surface area contributed by atoms with E-state index in [1.807, 2.05) is 0 Å². The van der Waals surface area contributed by atoms with Crippen molar-refractivity contribution in [2.24, 2.45) is 0 Å². The average Bonchev–Trinajstić information content (AvgIpc) is 1.83. The maximum Gasteiger partial charge on any atom is 0.0840 e. The second-order valence-electron chi connectivity index (χ2n) is 1.36. The van der Waals surface area contributed by atoms with E-state index in [0.717, 1.165) is 5.56 Å². The Kier molecular flexibility index (Phi) is 0.609. The van der Waals surface area contributed by atoms with Crippen LogP contribution in [0.2, 0.25) is 0 Å². The maximum absolute atomic E-state index is 7.19. The SMILES string of the molecule is [2H]c1nccc(C)c1[2H]. The molecule has 1 aromatic rings. The van der Waals surface area contributed by atoms with Gasteiger partial charge in [0.15, 0.2) is 0 Å². The van der Waals surface area contributed by atoms with Crippen LogP contribution in [0.3, 0.4) is 0 Å². The molecular formula is C6H7N. The van der Waals surface area contributed by atoms with E-state index in [4.69, 9.17) is 2.74 Å². The Hall–Kier alpha value is -0.850. The number of pyridine rings is 1. The smallest absolute Gasteiger partial charge is 0.0840 e. The number of aromatic nitrogens is 1. The zero-order valence-electron chi connectivity index (χ0n) is 6.10. The molecule has 1 heteroatoms. The van der Waals surface area contributed by atoms with Crippen molar-refractivity contribution in [3.8, 4) is 0 Å². The van der Waals surface area contributed by atoms with Gasteiger partial charge in [0.05, 0.1) is 2.74 Å². The molecule has 0 saturated heterocycles. The van der Waals surface area contributed by atoms with E-state index in [1.54, 1.807) is 13.0 Å². The molecule has 0 spiro atoms. The predicted octanol–water partition coefficient (Wildman–Crippen LogP) is 1.39. The van der Waals surface area contributed by atoms with Crippen molar-refractivity contribution < 1.29 is 2.74 Å². The molecule has 0 bridgehead atoms. The van der Waals surface area contributed by atoms with Crippen molar-refractivity contribution in [2.45, 2.75) is 6.92 Å². The highest BCUT2D eigenvalue weighted by molar-refractivity contribution is 5.05. The van der Waals surface area contributed by atoms with Crippen molar-refractivity contribution in [3.05, 3.63) is 30.0 Å². The lowest BCUT2D eigenvalue weighted by Gasteiger charge is -1.82. The van der Waals surface area contributed by atoms with Gasteiger partial charge in [0.1, 0.15) is 0 Å². The maximum atomic E-state index is 7.19. The highest BCUT2D eigenvalue weighted by atomic mass is 14.6. The Morgan fingerprint density at radius 2 is 2.71 bits per heavy atom. The first kappa shape index (κ1) is 2.46. The van der Waals surface area contributed by atoms with E-state index in [2.05, 4.69) is 4.98 Å². The molecule has 7 heavy (non-hydrogen) atoms. The van der Waals surface area contributed by atoms with Gasteiger partial charge in [0, 0.05) is 12.4 Å². The minimum Gasteiger partial charge on any atom is -0.265 e. The van der Waals surface area contributed by atoms with Crippen LogP contribution in [0.4, 0.5) is 0 Å². The molecule has 0 saturated carbocycles. The summed E-state index contributed by atoms with van der Waals surface area (Å²) in [5.41, 5.74) is 0.801. The second kappa shape index (κ2) is 1.73. The van der Waals surface area contributed by atoms with E-state index in [0.29, 0.717) is 0 Å². The fraction of sp³-hybridized carbons (Fsp3) is 0.167. The van der Waals surface area contributed by atoms with Crippen molar-refractivity contribution in [1.29, 1.82) is 0 Å². The van der Waals surface area contributed by atoms with Gasteiger partial charge >= 0.3 is 0 Å². The molecule has 1 aromatic heterocycles. The van der Waals surface area contributed by atoms with Crippen LogP contribution in [-0.2, 0) is 0 Å². The zero-order valence-corrected chi connectivity index (χ0v) is 4.10. The van der Waals surface area contributed by atoms with Gasteiger partial charge in [-0.1, -0.05) is 0 Å². The third-order valence-corrected chi connectivity index (χ3v) is 0.717. The molecule has 0 radical (unpaired) electrons. The van der Waals surface area contributed by atoms with Gasteiger partial charge in [-0.05, 0) is 24.6 Å². The molecule has 0 aliphatic rings. The van der Waals surface area contributed by atoms with Crippen LogP contribution in [-0.4, -0.2) is 4.98 Å². The monoisotopic (exact) mass is 95.1 g/mol. The molecular weight excluding hydrogens is 86.1 g/mol. The summed E-state index contributed by atoms with van der Waals surface area (Å²) in [7, 11) is 0. The summed E-state index contributed by atoms with van der Waals surface area (Å²) < 4.78 is 14.3. The van der Waals surface area contributed by atoms with Crippen LogP contribution in [0.15, 0.2) is 24.5 Å². The summed E-state index contributed by atoms with van der Waals surface area (Å²) in [5.74, 6) is 0. The Balaban J connectivity index is 3.25. The Labute approximate surface area is 45.8 Å². The van der Waals surface area contributed by atoms with Gasteiger partial charge in [-0.25, -0.2) is 0 Å². The van der Waals surface area contributed by atoms with E-state index >= 15 is 0 Å².